The van der Waals surface area contributed by atoms with E-state index in [1.807, 2.05) is 0 Å². The van der Waals surface area contributed by atoms with E-state index in [-0.39, 0.29) is 17.3 Å². The molecule has 0 radical (unpaired) electrons. The Morgan fingerprint density at radius 2 is 1.64 bits per heavy atom. The van der Waals surface area contributed by atoms with Crippen LogP contribution in [0.4, 0.5) is 0 Å². The topological polar surface area (TPSA) is 87.5 Å². The van der Waals surface area contributed by atoms with Crippen molar-refractivity contribution in [1.82, 2.24) is 4.98 Å². The molecule has 0 bridgehead atoms. The minimum Gasteiger partial charge on any atom is -0.477 e. The quantitative estimate of drug-likeness (QED) is 0.740. The predicted octanol–water partition coefficient (Wildman–Crippen LogP) is 1.22. The number of nitrogens with zero attached hydrogens (tertiary/aromatic N) is 1. The summed E-state index contributed by atoms with van der Waals surface area (Å²) in [5, 5.41) is 17.2. The van der Waals surface area contributed by atoms with Gasteiger partial charge >= 0.3 is 11.9 Å². The molecule has 1 rings (SSSR count). The van der Waals surface area contributed by atoms with Crippen molar-refractivity contribution in [3.63, 3.8) is 0 Å². The van der Waals surface area contributed by atoms with Crippen LogP contribution in [0.25, 0.3) is 0 Å². The summed E-state index contributed by atoms with van der Waals surface area (Å²) in [4.78, 5) is 24.5. The molecule has 0 fully saturated rings. The number of carbonyl (C=O) groups is 2. The summed E-state index contributed by atoms with van der Waals surface area (Å²) in [5.41, 5.74) is -0.224. The Morgan fingerprint density at radius 1 is 1.21 bits per heavy atom. The lowest BCUT2D eigenvalue weighted by Gasteiger charge is -2.00. The number of carboxylic acids is 2. The van der Waals surface area contributed by atoms with E-state index >= 15 is 0 Å². The fraction of sp³-hybridized carbons (Fsp3) is 0.125. The van der Waals surface area contributed by atoms with Crippen molar-refractivity contribution in [3.8, 4) is 0 Å². The second-order valence-corrected chi connectivity index (χ2v) is 2.76. The summed E-state index contributed by atoms with van der Waals surface area (Å²) >= 11 is 5.47. The molecule has 0 amide bonds. The largest absolute Gasteiger partial charge is 0.477 e. The normalized spacial score (nSPS) is 9.79. The first-order valence-corrected chi connectivity index (χ1v) is 4.11. The molecule has 5 nitrogen and oxygen atoms in total. The maximum atomic E-state index is 10.5. The average Bonchev–Trinajstić information content (AvgIpc) is 2.16. The summed E-state index contributed by atoms with van der Waals surface area (Å²) in [6, 6.07) is 2.48. The fourth-order valence-corrected chi connectivity index (χ4v) is 1.04. The summed E-state index contributed by atoms with van der Waals surface area (Å²) in [6.07, 6.45) is 0. The van der Waals surface area contributed by atoms with E-state index in [2.05, 4.69) is 4.98 Å². The summed E-state index contributed by atoms with van der Waals surface area (Å²) < 4.78 is 0. The number of aromatic carboxylic acids is 2. The van der Waals surface area contributed by atoms with E-state index in [1.54, 1.807) is 0 Å². The molecular formula is C8H6ClNO4. The first-order chi connectivity index (χ1) is 6.54. The molecule has 1 aromatic heterocycles. The van der Waals surface area contributed by atoms with Crippen molar-refractivity contribution in [2.45, 2.75) is 5.88 Å². The second-order valence-electron chi connectivity index (χ2n) is 2.49. The van der Waals surface area contributed by atoms with Crippen molar-refractivity contribution in [1.29, 1.82) is 0 Å². The molecule has 0 aliphatic heterocycles. The first kappa shape index (κ1) is 10.5. The van der Waals surface area contributed by atoms with Crippen LogP contribution in [0, 0.1) is 0 Å². The molecule has 0 aliphatic carbocycles. The monoisotopic (exact) mass is 215 g/mol. The Morgan fingerprint density at radius 3 is 1.93 bits per heavy atom. The Kier molecular flexibility index (Phi) is 3.03. The Labute approximate surface area is 84.0 Å². The van der Waals surface area contributed by atoms with Gasteiger partial charge in [-0.2, -0.15) is 0 Å². The van der Waals surface area contributed by atoms with Gasteiger partial charge in [0.15, 0.2) is 0 Å². The van der Waals surface area contributed by atoms with E-state index in [1.165, 1.54) is 12.1 Å². The summed E-state index contributed by atoms with van der Waals surface area (Å²) in [6.45, 7) is 0. The third-order valence-electron chi connectivity index (χ3n) is 1.48. The van der Waals surface area contributed by atoms with Gasteiger partial charge in [-0.05, 0) is 17.7 Å². The predicted molar refractivity (Wildman–Crippen MR) is 47.7 cm³/mol. The third kappa shape index (κ3) is 2.20. The fourth-order valence-electron chi connectivity index (χ4n) is 0.883. The Bertz CT molecular complexity index is 359. The molecule has 2 N–H and O–H groups in total. The average molecular weight is 216 g/mol. The zero-order valence-electron chi connectivity index (χ0n) is 6.90. The highest BCUT2D eigenvalue weighted by Crippen LogP contribution is 2.09. The van der Waals surface area contributed by atoms with Crippen LogP contribution in [0.1, 0.15) is 26.5 Å². The van der Waals surface area contributed by atoms with E-state index in [0.29, 0.717) is 5.56 Å². The molecule has 74 valence electrons. The van der Waals surface area contributed by atoms with Crippen molar-refractivity contribution >= 4 is 23.5 Å². The zero-order chi connectivity index (χ0) is 10.7. The number of alkyl halides is 1. The smallest absolute Gasteiger partial charge is 0.354 e. The highest BCUT2D eigenvalue weighted by molar-refractivity contribution is 6.17. The van der Waals surface area contributed by atoms with Crippen LogP contribution < -0.4 is 0 Å². The number of hydrogen-bond donors (Lipinski definition) is 2. The number of halogens is 1. The van der Waals surface area contributed by atoms with Gasteiger partial charge in [-0.25, -0.2) is 14.6 Å². The molecule has 0 aliphatic rings. The molecule has 0 aromatic carbocycles. The van der Waals surface area contributed by atoms with Crippen molar-refractivity contribution in [2.24, 2.45) is 0 Å². The van der Waals surface area contributed by atoms with Crippen LogP contribution in [-0.4, -0.2) is 27.1 Å². The molecule has 1 aromatic rings. The Hall–Kier alpha value is -1.62. The van der Waals surface area contributed by atoms with Gasteiger partial charge in [0.05, 0.1) is 0 Å². The van der Waals surface area contributed by atoms with Crippen LogP contribution in [0.15, 0.2) is 12.1 Å². The van der Waals surface area contributed by atoms with Crippen molar-refractivity contribution < 1.29 is 19.8 Å². The van der Waals surface area contributed by atoms with Crippen molar-refractivity contribution in [3.05, 3.63) is 29.1 Å². The number of rotatable bonds is 3. The van der Waals surface area contributed by atoms with Gasteiger partial charge in [-0.1, -0.05) is 0 Å². The first-order valence-electron chi connectivity index (χ1n) is 3.58. The molecule has 1 heterocycles. The SMILES string of the molecule is O=C(O)c1cc(CCl)cc(C(=O)O)n1. The molecule has 0 saturated heterocycles. The lowest BCUT2D eigenvalue weighted by Crippen LogP contribution is -2.08. The van der Waals surface area contributed by atoms with Crippen LogP contribution in [0.2, 0.25) is 0 Å². The van der Waals surface area contributed by atoms with Gasteiger partial charge in [0.25, 0.3) is 0 Å². The molecule has 0 atom stereocenters. The standard InChI is InChI=1S/C8H6ClNO4/c9-3-4-1-5(7(11)12)10-6(2-4)8(13)14/h1-2H,3H2,(H,11,12)(H,13,14). The molecule has 0 unspecified atom stereocenters. The van der Waals surface area contributed by atoms with E-state index in [0.717, 1.165) is 0 Å². The van der Waals surface area contributed by atoms with Crippen molar-refractivity contribution in [2.75, 3.05) is 0 Å². The molecule has 14 heavy (non-hydrogen) atoms. The summed E-state index contributed by atoms with van der Waals surface area (Å²) in [7, 11) is 0. The van der Waals surface area contributed by atoms with E-state index in [4.69, 9.17) is 21.8 Å². The number of hydrogen-bond acceptors (Lipinski definition) is 3. The van der Waals surface area contributed by atoms with Crippen LogP contribution >= 0.6 is 11.6 Å². The maximum absolute atomic E-state index is 10.5. The number of pyridine rings is 1. The highest BCUT2D eigenvalue weighted by atomic mass is 35.5. The lowest BCUT2D eigenvalue weighted by molar-refractivity contribution is 0.0685. The Balaban J connectivity index is 3.27. The van der Waals surface area contributed by atoms with Gasteiger partial charge in [0.2, 0.25) is 0 Å². The van der Waals surface area contributed by atoms with E-state index in [9.17, 15) is 9.59 Å². The molecule has 6 heteroatoms. The minimum atomic E-state index is -1.28. The van der Waals surface area contributed by atoms with Crippen LogP contribution in [-0.2, 0) is 5.88 Å². The maximum Gasteiger partial charge on any atom is 0.354 e. The van der Waals surface area contributed by atoms with Gasteiger partial charge in [0.1, 0.15) is 11.4 Å². The van der Waals surface area contributed by atoms with Gasteiger partial charge in [-0.15, -0.1) is 11.6 Å². The van der Waals surface area contributed by atoms with Crippen LogP contribution in [0.5, 0.6) is 0 Å². The van der Waals surface area contributed by atoms with Gasteiger partial charge < -0.3 is 10.2 Å². The lowest BCUT2D eigenvalue weighted by atomic mass is 10.2. The number of carboxylic acid groups (broad SMARTS) is 2. The molecule has 0 spiro atoms. The molecule has 0 saturated carbocycles. The van der Waals surface area contributed by atoms with Crippen LogP contribution in [0.3, 0.4) is 0 Å². The summed E-state index contributed by atoms with van der Waals surface area (Å²) in [5.74, 6) is -2.51. The minimum absolute atomic E-state index is 0.0447. The van der Waals surface area contributed by atoms with E-state index < -0.39 is 11.9 Å². The molecular weight excluding hydrogens is 210 g/mol. The highest BCUT2D eigenvalue weighted by Gasteiger charge is 2.12. The number of aromatic nitrogens is 1. The third-order valence-corrected chi connectivity index (χ3v) is 1.79. The van der Waals surface area contributed by atoms with Gasteiger partial charge in [0, 0.05) is 5.88 Å². The zero-order valence-corrected chi connectivity index (χ0v) is 7.65. The second kappa shape index (κ2) is 4.06. The van der Waals surface area contributed by atoms with Gasteiger partial charge in [-0.3, -0.25) is 0 Å².